The van der Waals surface area contributed by atoms with Crippen LogP contribution in [0.4, 0.5) is 0 Å². The molecule has 2 atom stereocenters. The summed E-state index contributed by atoms with van der Waals surface area (Å²) in [6.45, 7) is 2.07. The Balaban J connectivity index is 1.86. The predicted molar refractivity (Wildman–Crippen MR) is 73.2 cm³/mol. The minimum atomic E-state index is -3.29. The minimum Gasteiger partial charge on any atom is -0.351 e. The van der Waals surface area contributed by atoms with E-state index in [0.29, 0.717) is 6.04 Å². The molecule has 110 valence electrons. The van der Waals surface area contributed by atoms with E-state index < -0.39 is 10.0 Å². The van der Waals surface area contributed by atoms with E-state index in [1.54, 1.807) is 0 Å². The molecule has 2 saturated heterocycles. The van der Waals surface area contributed by atoms with Crippen LogP contribution in [0.25, 0.3) is 0 Å². The van der Waals surface area contributed by atoms with E-state index in [4.69, 9.17) is 0 Å². The van der Waals surface area contributed by atoms with Crippen LogP contribution in [0, 0.1) is 0 Å². The SMILES string of the molecule is CN(CC(=O)NC1CCN2CCCCC12)S(C)(=O)=O. The highest BCUT2D eigenvalue weighted by Gasteiger charge is 2.36. The van der Waals surface area contributed by atoms with Crippen molar-refractivity contribution >= 4 is 15.9 Å². The molecule has 0 radical (unpaired) electrons. The van der Waals surface area contributed by atoms with Crippen molar-refractivity contribution in [3.05, 3.63) is 0 Å². The van der Waals surface area contributed by atoms with Crippen molar-refractivity contribution in [1.29, 1.82) is 0 Å². The van der Waals surface area contributed by atoms with Crippen LogP contribution in [0.3, 0.4) is 0 Å². The first-order chi connectivity index (χ1) is 8.88. The molecule has 1 N–H and O–H groups in total. The van der Waals surface area contributed by atoms with Gasteiger partial charge in [-0.25, -0.2) is 8.42 Å². The van der Waals surface area contributed by atoms with Crippen LogP contribution in [0.2, 0.25) is 0 Å². The van der Waals surface area contributed by atoms with Crippen molar-refractivity contribution in [3.8, 4) is 0 Å². The number of nitrogens with zero attached hydrogens (tertiary/aromatic N) is 2. The monoisotopic (exact) mass is 289 g/mol. The van der Waals surface area contributed by atoms with Gasteiger partial charge in [0.15, 0.2) is 0 Å². The van der Waals surface area contributed by atoms with Crippen molar-refractivity contribution in [2.75, 3.05) is 32.9 Å². The third kappa shape index (κ3) is 3.67. The van der Waals surface area contributed by atoms with Crippen LogP contribution in [-0.4, -0.2) is 68.6 Å². The molecular weight excluding hydrogens is 266 g/mol. The lowest BCUT2D eigenvalue weighted by Gasteiger charge is -2.32. The number of sulfonamides is 1. The lowest BCUT2D eigenvalue weighted by atomic mass is 9.99. The van der Waals surface area contributed by atoms with Crippen molar-refractivity contribution in [1.82, 2.24) is 14.5 Å². The highest BCUT2D eigenvalue weighted by molar-refractivity contribution is 7.88. The van der Waals surface area contributed by atoms with E-state index in [0.717, 1.165) is 36.5 Å². The normalized spacial score (nSPS) is 28.4. The predicted octanol–water partition coefficient (Wildman–Crippen LogP) is -0.379. The first-order valence-electron chi connectivity index (χ1n) is 6.82. The van der Waals surface area contributed by atoms with E-state index in [2.05, 4.69) is 10.2 Å². The molecule has 2 heterocycles. The third-order valence-corrected chi connectivity index (χ3v) is 5.40. The second-order valence-corrected chi connectivity index (χ2v) is 7.67. The first kappa shape index (κ1) is 14.7. The summed E-state index contributed by atoms with van der Waals surface area (Å²) < 4.78 is 23.6. The largest absolute Gasteiger partial charge is 0.351 e. The second kappa shape index (κ2) is 5.76. The summed E-state index contributed by atoms with van der Waals surface area (Å²) in [5.41, 5.74) is 0. The van der Waals surface area contributed by atoms with Crippen molar-refractivity contribution < 1.29 is 13.2 Å². The lowest BCUT2D eigenvalue weighted by molar-refractivity contribution is -0.122. The third-order valence-electron chi connectivity index (χ3n) is 4.13. The Morgan fingerprint density at radius 1 is 1.32 bits per heavy atom. The molecule has 0 aromatic heterocycles. The molecule has 0 spiro atoms. The Labute approximate surface area is 115 Å². The molecule has 2 fully saturated rings. The van der Waals surface area contributed by atoms with Gasteiger partial charge in [0.2, 0.25) is 15.9 Å². The maximum atomic E-state index is 11.9. The fraction of sp³-hybridized carbons (Fsp3) is 0.917. The Morgan fingerprint density at radius 2 is 2.05 bits per heavy atom. The Hall–Kier alpha value is -0.660. The first-order valence-corrected chi connectivity index (χ1v) is 8.67. The van der Waals surface area contributed by atoms with Gasteiger partial charge in [0.1, 0.15) is 0 Å². The number of hydrogen-bond donors (Lipinski definition) is 1. The zero-order valence-electron chi connectivity index (χ0n) is 11.6. The van der Waals surface area contributed by atoms with E-state index in [9.17, 15) is 13.2 Å². The van der Waals surface area contributed by atoms with Gasteiger partial charge in [-0.15, -0.1) is 0 Å². The maximum absolute atomic E-state index is 11.9. The zero-order chi connectivity index (χ0) is 14.0. The number of carbonyl (C=O) groups is 1. The molecule has 0 bridgehead atoms. The van der Waals surface area contributed by atoms with Gasteiger partial charge >= 0.3 is 0 Å². The molecule has 2 aliphatic rings. The summed E-state index contributed by atoms with van der Waals surface area (Å²) in [5.74, 6) is -0.203. The average molecular weight is 289 g/mol. The number of amides is 1. The second-order valence-electron chi connectivity index (χ2n) is 5.58. The van der Waals surface area contributed by atoms with Gasteiger partial charge < -0.3 is 5.32 Å². The number of piperidine rings is 1. The minimum absolute atomic E-state index is 0.0952. The maximum Gasteiger partial charge on any atom is 0.235 e. The molecule has 0 aromatic rings. The van der Waals surface area contributed by atoms with E-state index in [1.807, 2.05) is 0 Å². The lowest BCUT2D eigenvalue weighted by Crippen LogP contribution is -2.49. The molecule has 1 amide bonds. The number of nitrogens with one attached hydrogen (secondary N) is 1. The summed E-state index contributed by atoms with van der Waals surface area (Å²) in [6.07, 6.45) is 5.68. The summed E-state index contributed by atoms with van der Waals surface area (Å²) in [4.78, 5) is 14.3. The Bertz CT molecular complexity index is 438. The molecule has 19 heavy (non-hydrogen) atoms. The van der Waals surface area contributed by atoms with E-state index in [1.165, 1.54) is 19.9 Å². The average Bonchev–Trinajstić information content (AvgIpc) is 2.71. The smallest absolute Gasteiger partial charge is 0.235 e. The van der Waals surface area contributed by atoms with E-state index in [-0.39, 0.29) is 18.5 Å². The fourth-order valence-corrected chi connectivity index (χ4v) is 3.34. The van der Waals surface area contributed by atoms with Crippen LogP contribution in [-0.2, 0) is 14.8 Å². The molecule has 0 aliphatic carbocycles. The number of rotatable bonds is 4. The Morgan fingerprint density at radius 3 is 2.74 bits per heavy atom. The molecule has 2 aliphatic heterocycles. The van der Waals surface area contributed by atoms with Crippen molar-refractivity contribution in [2.24, 2.45) is 0 Å². The van der Waals surface area contributed by atoms with E-state index >= 15 is 0 Å². The Kier molecular flexibility index (Phi) is 4.47. The summed E-state index contributed by atoms with van der Waals surface area (Å²) in [7, 11) is -1.87. The van der Waals surface area contributed by atoms with Crippen molar-refractivity contribution in [3.63, 3.8) is 0 Å². The van der Waals surface area contributed by atoms with Gasteiger partial charge in [-0.3, -0.25) is 9.69 Å². The highest BCUT2D eigenvalue weighted by Crippen LogP contribution is 2.26. The zero-order valence-corrected chi connectivity index (χ0v) is 12.4. The van der Waals surface area contributed by atoms with Crippen LogP contribution in [0.15, 0.2) is 0 Å². The van der Waals surface area contributed by atoms with Crippen molar-refractivity contribution in [2.45, 2.75) is 37.8 Å². The van der Waals surface area contributed by atoms with Crippen LogP contribution < -0.4 is 5.32 Å². The summed E-state index contributed by atoms with van der Waals surface area (Å²) >= 11 is 0. The molecule has 0 aromatic carbocycles. The quantitative estimate of drug-likeness (QED) is 0.766. The van der Waals surface area contributed by atoms with Crippen LogP contribution in [0.1, 0.15) is 25.7 Å². The van der Waals surface area contributed by atoms with Crippen LogP contribution >= 0.6 is 0 Å². The van der Waals surface area contributed by atoms with Gasteiger partial charge in [-0.1, -0.05) is 6.42 Å². The highest BCUT2D eigenvalue weighted by atomic mass is 32.2. The van der Waals surface area contributed by atoms with Gasteiger partial charge in [-0.2, -0.15) is 4.31 Å². The summed E-state index contributed by atoms with van der Waals surface area (Å²) in [5, 5.41) is 2.99. The molecule has 2 unspecified atom stereocenters. The molecule has 7 heteroatoms. The fourth-order valence-electron chi connectivity index (χ4n) is 2.99. The van der Waals surface area contributed by atoms with Crippen LogP contribution in [0.5, 0.6) is 0 Å². The summed E-state index contributed by atoms with van der Waals surface area (Å²) in [6, 6.07) is 0.627. The molecule has 6 nitrogen and oxygen atoms in total. The molecule has 0 saturated carbocycles. The number of likely N-dealkylation sites (N-methyl/N-ethyl adjacent to an activating group) is 1. The standard InChI is InChI=1S/C12H23N3O3S/c1-14(19(2,17)18)9-12(16)13-10-6-8-15-7-4-3-5-11(10)15/h10-11H,3-9H2,1-2H3,(H,13,16). The van der Waals surface area contributed by atoms with Gasteiger partial charge in [-0.05, 0) is 25.8 Å². The number of fused-ring (bicyclic) bond motifs is 1. The number of hydrogen-bond acceptors (Lipinski definition) is 4. The molecule has 2 rings (SSSR count). The van der Waals surface area contributed by atoms with Gasteiger partial charge in [0, 0.05) is 25.7 Å². The van der Waals surface area contributed by atoms with Gasteiger partial charge in [0.05, 0.1) is 12.8 Å². The van der Waals surface area contributed by atoms with Gasteiger partial charge in [0.25, 0.3) is 0 Å². The number of carbonyl (C=O) groups excluding carboxylic acids is 1. The topological polar surface area (TPSA) is 69.7 Å². The molecular formula is C12H23N3O3S.